The Morgan fingerprint density at radius 3 is 2.17 bits per heavy atom. The second-order valence-corrected chi connectivity index (χ2v) is 5.39. The van der Waals surface area contributed by atoms with Crippen LogP contribution in [0.1, 0.15) is 0 Å². The molecule has 11 heteroatoms. The SMILES string of the molecule is O=[SH](=O)c1cc(F)ccc1OS(=O)(=O)C(F)(F)F. The first-order chi connectivity index (χ1) is 8.04. The quantitative estimate of drug-likeness (QED) is 0.390. The summed E-state index contributed by atoms with van der Waals surface area (Å²) in [6, 6.07) is 1.37. The van der Waals surface area contributed by atoms with Gasteiger partial charge in [0.2, 0.25) is 0 Å². The topological polar surface area (TPSA) is 77.5 Å². The van der Waals surface area contributed by atoms with E-state index in [2.05, 4.69) is 4.18 Å². The molecule has 1 aromatic carbocycles. The summed E-state index contributed by atoms with van der Waals surface area (Å²) in [6.45, 7) is 0. The van der Waals surface area contributed by atoms with Crippen LogP contribution in [0.25, 0.3) is 0 Å². The number of hydrogen-bond acceptors (Lipinski definition) is 5. The predicted molar refractivity (Wildman–Crippen MR) is 50.6 cm³/mol. The van der Waals surface area contributed by atoms with Crippen LogP contribution in [0.5, 0.6) is 5.75 Å². The van der Waals surface area contributed by atoms with E-state index in [0.717, 1.165) is 0 Å². The summed E-state index contributed by atoms with van der Waals surface area (Å²) < 4.78 is 94.8. The summed E-state index contributed by atoms with van der Waals surface area (Å²) in [5.41, 5.74) is -5.72. The van der Waals surface area contributed by atoms with Crippen LogP contribution in [0.3, 0.4) is 0 Å². The highest BCUT2D eigenvalue weighted by Crippen LogP contribution is 2.29. The van der Waals surface area contributed by atoms with E-state index in [9.17, 15) is 34.4 Å². The Bertz CT molecular complexity index is 624. The summed E-state index contributed by atoms with van der Waals surface area (Å²) in [6.07, 6.45) is 0. The molecule has 0 unspecified atom stereocenters. The molecule has 0 amide bonds. The molecule has 1 aromatic rings. The van der Waals surface area contributed by atoms with E-state index < -0.39 is 42.8 Å². The molecule has 0 aliphatic rings. The van der Waals surface area contributed by atoms with Crippen molar-refractivity contribution in [1.29, 1.82) is 0 Å². The van der Waals surface area contributed by atoms with Crippen LogP contribution in [0.4, 0.5) is 17.6 Å². The predicted octanol–water partition coefficient (Wildman–Crippen LogP) is 1.02. The summed E-state index contributed by atoms with van der Waals surface area (Å²) in [7, 11) is -9.53. The van der Waals surface area contributed by atoms with E-state index >= 15 is 0 Å². The van der Waals surface area contributed by atoms with E-state index in [1.807, 2.05) is 0 Å². The van der Waals surface area contributed by atoms with Gasteiger partial charge >= 0.3 is 15.6 Å². The minimum Gasteiger partial charge on any atom is -0.375 e. The first-order valence-corrected chi connectivity index (χ1v) is 6.58. The van der Waals surface area contributed by atoms with E-state index in [0.29, 0.717) is 18.2 Å². The van der Waals surface area contributed by atoms with Gasteiger partial charge < -0.3 is 4.18 Å². The highest BCUT2D eigenvalue weighted by molar-refractivity contribution is 7.88. The number of rotatable bonds is 3. The maximum atomic E-state index is 12.7. The minimum atomic E-state index is -6.01. The molecule has 5 nitrogen and oxygen atoms in total. The largest absolute Gasteiger partial charge is 0.534 e. The Morgan fingerprint density at radius 1 is 1.17 bits per heavy atom. The summed E-state index contributed by atoms with van der Waals surface area (Å²) in [5, 5.41) is 0. The molecule has 0 heterocycles. The molecule has 1 rings (SSSR count). The van der Waals surface area contributed by atoms with Gasteiger partial charge in [-0.05, 0) is 18.2 Å². The van der Waals surface area contributed by atoms with E-state index in [-0.39, 0.29) is 0 Å². The Hall–Kier alpha value is -1.36. The maximum Gasteiger partial charge on any atom is 0.534 e. The normalized spacial score (nSPS) is 12.7. The van der Waals surface area contributed by atoms with E-state index in [4.69, 9.17) is 0 Å². The van der Waals surface area contributed by atoms with Crippen LogP contribution >= 0.6 is 0 Å². The lowest BCUT2D eigenvalue weighted by atomic mass is 10.3. The Balaban J connectivity index is 3.29. The van der Waals surface area contributed by atoms with Crippen molar-refractivity contribution in [2.45, 2.75) is 10.4 Å². The first kappa shape index (κ1) is 14.7. The lowest BCUT2D eigenvalue weighted by molar-refractivity contribution is -0.0500. The second kappa shape index (κ2) is 4.72. The number of alkyl halides is 3. The fourth-order valence-corrected chi connectivity index (χ4v) is 1.94. The molecule has 0 bridgehead atoms. The van der Waals surface area contributed by atoms with Crippen LogP contribution in [0, 0.1) is 5.82 Å². The highest BCUT2D eigenvalue weighted by Gasteiger charge is 2.48. The van der Waals surface area contributed by atoms with E-state index in [1.165, 1.54) is 0 Å². The molecule has 102 valence electrons. The van der Waals surface area contributed by atoms with Crippen molar-refractivity contribution in [1.82, 2.24) is 0 Å². The van der Waals surface area contributed by atoms with Crippen LogP contribution in [-0.4, -0.2) is 22.3 Å². The zero-order valence-corrected chi connectivity index (χ0v) is 9.85. The van der Waals surface area contributed by atoms with Gasteiger partial charge in [-0.1, -0.05) is 0 Å². The van der Waals surface area contributed by atoms with E-state index in [1.54, 1.807) is 0 Å². The smallest absolute Gasteiger partial charge is 0.375 e. The van der Waals surface area contributed by atoms with Crippen molar-refractivity contribution >= 4 is 20.8 Å². The van der Waals surface area contributed by atoms with Crippen molar-refractivity contribution in [2.24, 2.45) is 0 Å². The first-order valence-electron chi connectivity index (χ1n) is 3.99. The fraction of sp³-hybridized carbons (Fsp3) is 0.143. The monoisotopic (exact) mass is 308 g/mol. The van der Waals surface area contributed by atoms with Crippen molar-refractivity contribution < 1.29 is 38.6 Å². The lowest BCUT2D eigenvalue weighted by Crippen LogP contribution is -2.28. The van der Waals surface area contributed by atoms with Crippen LogP contribution in [0.2, 0.25) is 0 Å². The van der Waals surface area contributed by atoms with Crippen molar-refractivity contribution in [3.05, 3.63) is 24.0 Å². The van der Waals surface area contributed by atoms with Gasteiger partial charge in [0.25, 0.3) is 0 Å². The Kier molecular flexibility index (Phi) is 3.86. The van der Waals surface area contributed by atoms with Gasteiger partial charge in [-0.15, -0.1) is 0 Å². The van der Waals surface area contributed by atoms with Crippen LogP contribution < -0.4 is 4.18 Å². The van der Waals surface area contributed by atoms with Gasteiger partial charge in [-0.25, -0.2) is 12.8 Å². The van der Waals surface area contributed by atoms with Crippen molar-refractivity contribution in [3.8, 4) is 5.75 Å². The number of thiol groups is 1. The Labute approximate surface area is 100 Å². The number of halogens is 4. The third-order valence-corrected chi connectivity index (χ3v) is 3.31. The van der Waals surface area contributed by atoms with Crippen LogP contribution in [-0.2, 0) is 20.8 Å². The zero-order chi connectivity index (χ0) is 14.1. The molecule has 0 atom stereocenters. The fourth-order valence-electron chi connectivity index (χ4n) is 0.869. The molecular weight excluding hydrogens is 304 g/mol. The molecule has 0 spiro atoms. The molecule has 0 saturated carbocycles. The maximum absolute atomic E-state index is 12.7. The molecule has 0 saturated heterocycles. The van der Waals surface area contributed by atoms with Gasteiger partial charge in [0.1, 0.15) is 10.7 Å². The molecule has 0 aliphatic heterocycles. The minimum absolute atomic E-state index is 0.340. The van der Waals surface area contributed by atoms with Gasteiger partial charge in [0.05, 0.1) is 0 Å². The molecule has 0 fully saturated rings. The average molecular weight is 308 g/mol. The third kappa shape index (κ3) is 3.10. The molecule has 18 heavy (non-hydrogen) atoms. The molecule has 0 N–H and O–H groups in total. The zero-order valence-electron chi connectivity index (χ0n) is 8.14. The van der Waals surface area contributed by atoms with Gasteiger partial charge in [0.15, 0.2) is 16.5 Å². The Morgan fingerprint density at radius 2 is 1.72 bits per heavy atom. The summed E-state index contributed by atoms with van der Waals surface area (Å²) in [4.78, 5) is -1.00. The van der Waals surface area contributed by atoms with Gasteiger partial charge in [0, 0.05) is 0 Å². The second-order valence-electron chi connectivity index (χ2n) is 2.85. The summed E-state index contributed by atoms with van der Waals surface area (Å²) >= 11 is 0. The van der Waals surface area contributed by atoms with Crippen LogP contribution in [0.15, 0.2) is 23.1 Å². The molecular formula is C7H4F4O5S2. The van der Waals surface area contributed by atoms with Gasteiger partial charge in [-0.3, -0.25) is 0 Å². The number of benzene rings is 1. The van der Waals surface area contributed by atoms with Gasteiger partial charge in [-0.2, -0.15) is 21.6 Å². The lowest BCUT2D eigenvalue weighted by Gasteiger charge is -2.10. The standard InChI is InChI=1S/C7H4F4O5S2/c8-4-1-2-5(6(3-4)17(12)13)16-18(14,15)7(9,10)11/h1-3,17H. The molecule has 0 aliphatic carbocycles. The number of hydrogen-bond donors (Lipinski definition) is 1. The molecule has 0 radical (unpaired) electrons. The summed E-state index contributed by atoms with van der Waals surface area (Å²) in [5.74, 6) is -2.19. The molecule has 0 aromatic heterocycles. The third-order valence-electron chi connectivity index (χ3n) is 1.60. The highest BCUT2D eigenvalue weighted by atomic mass is 32.2. The van der Waals surface area contributed by atoms with Crippen molar-refractivity contribution in [2.75, 3.05) is 0 Å². The van der Waals surface area contributed by atoms with Crippen molar-refractivity contribution in [3.63, 3.8) is 0 Å². The average Bonchev–Trinajstić information content (AvgIpc) is 2.18.